The third-order valence-electron chi connectivity index (χ3n) is 4.38. The Balaban J connectivity index is 1.74. The average Bonchev–Trinajstić information content (AvgIpc) is 2.93. The molecule has 0 unspecified atom stereocenters. The minimum Gasteiger partial charge on any atom is -0.353 e. The maximum Gasteiger partial charge on any atom is 0.158 e. The zero-order valence-corrected chi connectivity index (χ0v) is 12.8. The molecule has 0 bridgehead atoms. The van der Waals surface area contributed by atoms with Gasteiger partial charge in [0.2, 0.25) is 0 Å². The van der Waals surface area contributed by atoms with Crippen LogP contribution in [-0.2, 0) is 9.47 Å². The van der Waals surface area contributed by atoms with Gasteiger partial charge in [-0.1, -0.05) is 26.7 Å². The normalized spacial score (nSPS) is 22.7. The Morgan fingerprint density at radius 2 is 1.68 bits per heavy atom. The van der Waals surface area contributed by atoms with E-state index in [9.17, 15) is 0 Å². The van der Waals surface area contributed by atoms with Crippen LogP contribution in [0.2, 0.25) is 0 Å². The second kappa shape index (κ2) is 8.23. The van der Waals surface area contributed by atoms with Crippen molar-refractivity contribution in [1.29, 1.82) is 0 Å². The van der Waals surface area contributed by atoms with Crippen LogP contribution in [0.15, 0.2) is 0 Å². The van der Waals surface area contributed by atoms with Gasteiger partial charge >= 0.3 is 0 Å². The molecule has 0 amide bonds. The first-order valence-corrected chi connectivity index (χ1v) is 8.23. The van der Waals surface area contributed by atoms with Crippen LogP contribution in [-0.4, -0.2) is 43.5 Å². The number of hydrogen-bond donors (Lipinski definition) is 0. The van der Waals surface area contributed by atoms with Crippen LogP contribution in [0, 0.1) is 5.92 Å². The van der Waals surface area contributed by atoms with Gasteiger partial charge in [0, 0.05) is 19.0 Å². The summed E-state index contributed by atoms with van der Waals surface area (Å²) in [4.78, 5) is 2.70. The zero-order chi connectivity index (χ0) is 13.5. The fourth-order valence-corrected chi connectivity index (χ4v) is 3.14. The van der Waals surface area contributed by atoms with Gasteiger partial charge in [0.25, 0.3) is 0 Å². The minimum atomic E-state index is 0.0525. The fourth-order valence-electron chi connectivity index (χ4n) is 3.14. The topological polar surface area (TPSA) is 21.7 Å². The monoisotopic (exact) mass is 269 g/mol. The van der Waals surface area contributed by atoms with Crippen LogP contribution in [0.25, 0.3) is 0 Å². The predicted octanol–water partition coefficient (Wildman–Crippen LogP) is 3.43. The van der Waals surface area contributed by atoms with Crippen molar-refractivity contribution >= 4 is 0 Å². The predicted molar refractivity (Wildman–Crippen MR) is 78.2 cm³/mol. The van der Waals surface area contributed by atoms with Crippen molar-refractivity contribution < 1.29 is 9.47 Å². The Labute approximate surface area is 118 Å². The number of nitrogens with zero attached hydrogens (tertiary/aromatic N) is 1. The molecule has 2 rings (SSSR count). The second-order valence-electron chi connectivity index (χ2n) is 6.47. The van der Waals surface area contributed by atoms with Crippen molar-refractivity contribution in [3.8, 4) is 0 Å². The lowest BCUT2D eigenvalue weighted by atomic mass is 10.1. The van der Waals surface area contributed by atoms with E-state index in [1.165, 1.54) is 38.6 Å². The molecule has 1 aliphatic heterocycles. The lowest BCUT2D eigenvalue weighted by Crippen LogP contribution is -2.38. The first-order chi connectivity index (χ1) is 9.25. The van der Waals surface area contributed by atoms with Gasteiger partial charge in [0.15, 0.2) is 6.29 Å². The summed E-state index contributed by atoms with van der Waals surface area (Å²) in [6, 6.07) is 0.822. The van der Waals surface area contributed by atoms with Crippen LogP contribution >= 0.6 is 0 Å². The zero-order valence-electron chi connectivity index (χ0n) is 12.8. The highest BCUT2D eigenvalue weighted by Crippen LogP contribution is 2.25. The molecule has 3 nitrogen and oxygen atoms in total. The Hall–Kier alpha value is -0.120. The summed E-state index contributed by atoms with van der Waals surface area (Å²) in [7, 11) is 0. The average molecular weight is 269 g/mol. The highest BCUT2D eigenvalue weighted by Gasteiger charge is 2.24. The van der Waals surface area contributed by atoms with E-state index in [2.05, 4.69) is 18.7 Å². The number of hydrogen-bond acceptors (Lipinski definition) is 3. The molecule has 2 aliphatic rings. The molecule has 0 aromatic rings. The first-order valence-electron chi connectivity index (χ1n) is 8.23. The van der Waals surface area contributed by atoms with Crippen molar-refractivity contribution in [2.45, 2.75) is 71.1 Å². The Morgan fingerprint density at radius 3 is 2.32 bits per heavy atom. The van der Waals surface area contributed by atoms with Crippen LogP contribution < -0.4 is 0 Å². The van der Waals surface area contributed by atoms with E-state index in [1.807, 2.05) is 0 Å². The van der Waals surface area contributed by atoms with Crippen LogP contribution in [0.3, 0.4) is 0 Å². The SMILES string of the molecule is CC(C)CCN(CCC1OCCCO1)C1CCCC1. The van der Waals surface area contributed by atoms with Gasteiger partial charge < -0.3 is 14.4 Å². The molecule has 0 aromatic heterocycles. The molecule has 19 heavy (non-hydrogen) atoms. The lowest BCUT2D eigenvalue weighted by molar-refractivity contribution is -0.183. The van der Waals surface area contributed by atoms with Crippen molar-refractivity contribution in [3.05, 3.63) is 0 Å². The maximum atomic E-state index is 5.67. The molecule has 1 saturated heterocycles. The molecule has 1 aliphatic carbocycles. The van der Waals surface area contributed by atoms with Gasteiger partial charge in [-0.15, -0.1) is 0 Å². The molecule has 1 saturated carbocycles. The number of rotatable bonds is 7. The molecule has 2 fully saturated rings. The van der Waals surface area contributed by atoms with E-state index in [0.29, 0.717) is 0 Å². The molecule has 0 aromatic carbocycles. The van der Waals surface area contributed by atoms with E-state index < -0.39 is 0 Å². The first kappa shape index (κ1) is 15.3. The summed E-state index contributed by atoms with van der Waals surface area (Å²) in [6.07, 6.45) is 9.07. The molecular weight excluding hydrogens is 238 g/mol. The highest BCUT2D eigenvalue weighted by molar-refractivity contribution is 4.78. The summed E-state index contributed by atoms with van der Waals surface area (Å²) in [5, 5.41) is 0. The summed E-state index contributed by atoms with van der Waals surface area (Å²) >= 11 is 0. The summed E-state index contributed by atoms with van der Waals surface area (Å²) in [5.41, 5.74) is 0. The maximum absolute atomic E-state index is 5.67. The molecular formula is C16H31NO2. The van der Waals surface area contributed by atoms with E-state index in [1.54, 1.807) is 0 Å². The molecule has 1 heterocycles. The molecule has 0 spiro atoms. The van der Waals surface area contributed by atoms with Crippen LogP contribution in [0.4, 0.5) is 0 Å². The van der Waals surface area contributed by atoms with Gasteiger partial charge in [-0.25, -0.2) is 0 Å². The molecule has 0 N–H and O–H groups in total. The van der Waals surface area contributed by atoms with Crippen molar-refractivity contribution in [2.24, 2.45) is 5.92 Å². The largest absolute Gasteiger partial charge is 0.353 e. The van der Waals surface area contributed by atoms with Gasteiger partial charge in [0.05, 0.1) is 13.2 Å². The molecule has 0 radical (unpaired) electrons. The van der Waals surface area contributed by atoms with E-state index in [4.69, 9.17) is 9.47 Å². The van der Waals surface area contributed by atoms with Crippen LogP contribution in [0.5, 0.6) is 0 Å². The minimum absolute atomic E-state index is 0.0525. The summed E-state index contributed by atoms with van der Waals surface area (Å²) < 4.78 is 11.3. The van der Waals surface area contributed by atoms with E-state index >= 15 is 0 Å². The molecule has 112 valence electrons. The van der Waals surface area contributed by atoms with Gasteiger partial charge in [-0.2, -0.15) is 0 Å². The third-order valence-corrected chi connectivity index (χ3v) is 4.38. The Morgan fingerprint density at radius 1 is 1.00 bits per heavy atom. The van der Waals surface area contributed by atoms with Crippen LogP contribution in [0.1, 0.15) is 58.8 Å². The van der Waals surface area contributed by atoms with Gasteiger partial charge in [0.1, 0.15) is 0 Å². The fraction of sp³-hybridized carbons (Fsp3) is 1.00. The standard InChI is InChI=1S/C16H31NO2/c1-14(2)8-10-17(15-6-3-4-7-15)11-9-16-18-12-5-13-19-16/h14-16H,3-13H2,1-2H3. The smallest absolute Gasteiger partial charge is 0.158 e. The van der Waals surface area contributed by atoms with Crippen molar-refractivity contribution in [3.63, 3.8) is 0 Å². The Kier molecular flexibility index (Phi) is 6.62. The van der Waals surface area contributed by atoms with Gasteiger partial charge in [-0.3, -0.25) is 0 Å². The van der Waals surface area contributed by atoms with Crippen molar-refractivity contribution in [1.82, 2.24) is 4.90 Å². The lowest BCUT2D eigenvalue weighted by Gasteiger charge is -2.32. The van der Waals surface area contributed by atoms with E-state index in [-0.39, 0.29) is 6.29 Å². The highest BCUT2D eigenvalue weighted by atomic mass is 16.7. The quantitative estimate of drug-likeness (QED) is 0.707. The number of ether oxygens (including phenoxy) is 2. The molecule has 3 heteroatoms. The summed E-state index contributed by atoms with van der Waals surface area (Å²) in [6.45, 7) is 8.78. The van der Waals surface area contributed by atoms with Crippen molar-refractivity contribution in [2.75, 3.05) is 26.3 Å². The molecule has 0 atom stereocenters. The Bertz CT molecular complexity index is 233. The summed E-state index contributed by atoms with van der Waals surface area (Å²) in [5.74, 6) is 0.797. The van der Waals surface area contributed by atoms with Gasteiger partial charge in [-0.05, 0) is 38.1 Å². The van der Waals surface area contributed by atoms with E-state index in [0.717, 1.165) is 44.6 Å². The second-order valence-corrected chi connectivity index (χ2v) is 6.47. The third kappa shape index (κ3) is 5.41.